The third kappa shape index (κ3) is 3.48. The van der Waals surface area contributed by atoms with Gasteiger partial charge in [-0.05, 0) is 29.8 Å². The van der Waals surface area contributed by atoms with Crippen molar-refractivity contribution >= 4 is 17.5 Å². The Labute approximate surface area is 135 Å². The number of benzene rings is 1. The lowest BCUT2D eigenvalue weighted by atomic mass is 10.1. The number of alkyl halides is 3. The van der Waals surface area contributed by atoms with Crippen LogP contribution in [0.15, 0.2) is 54.9 Å². The molecule has 0 radical (unpaired) electrons. The molecule has 24 heavy (non-hydrogen) atoms. The van der Waals surface area contributed by atoms with Crippen LogP contribution >= 0.6 is 0 Å². The standard InChI is InChI=1S/C16H13F3N4O/c17-16(18,19)12-6-4-11(5-7-12)10-21-15(24)22-14-3-1-2-13-20-8-9-23(13)14/h1-9H,10H2,(H2,21,22,24). The smallest absolute Gasteiger partial charge is 0.334 e. The number of nitrogens with one attached hydrogen (secondary N) is 2. The van der Waals surface area contributed by atoms with Gasteiger partial charge < -0.3 is 5.32 Å². The lowest BCUT2D eigenvalue weighted by molar-refractivity contribution is -0.137. The van der Waals surface area contributed by atoms with Crippen LogP contribution < -0.4 is 10.6 Å². The predicted molar refractivity (Wildman–Crippen MR) is 82.5 cm³/mol. The lowest BCUT2D eigenvalue weighted by Gasteiger charge is -2.10. The number of anilines is 1. The Kier molecular flexibility index (Phi) is 4.11. The summed E-state index contributed by atoms with van der Waals surface area (Å²) in [6, 6.07) is 9.45. The molecule has 0 aliphatic heterocycles. The second kappa shape index (κ2) is 6.23. The molecule has 2 heterocycles. The molecule has 0 bridgehead atoms. The van der Waals surface area contributed by atoms with Gasteiger partial charge in [-0.1, -0.05) is 18.2 Å². The van der Waals surface area contributed by atoms with Crippen molar-refractivity contribution in [1.29, 1.82) is 0 Å². The highest BCUT2D eigenvalue weighted by Crippen LogP contribution is 2.29. The molecule has 0 spiro atoms. The van der Waals surface area contributed by atoms with Gasteiger partial charge in [-0.2, -0.15) is 13.2 Å². The third-order valence-electron chi connectivity index (χ3n) is 3.40. The van der Waals surface area contributed by atoms with E-state index in [1.807, 2.05) is 0 Å². The van der Waals surface area contributed by atoms with E-state index >= 15 is 0 Å². The highest BCUT2D eigenvalue weighted by Gasteiger charge is 2.29. The maximum absolute atomic E-state index is 12.5. The molecule has 0 aliphatic carbocycles. The second-order valence-corrected chi connectivity index (χ2v) is 5.07. The molecular weight excluding hydrogens is 321 g/mol. The Balaban J connectivity index is 1.61. The van der Waals surface area contributed by atoms with Crippen molar-refractivity contribution < 1.29 is 18.0 Å². The van der Waals surface area contributed by atoms with Gasteiger partial charge in [0, 0.05) is 18.9 Å². The highest BCUT2D eigenvalue weighted by atomic mass is 19.4. The predicted octanol–water partition coefficient (Wildman–Crippen LogP) is 3.67. The van der Waals surface area contributed by atoms with Crippen LogP contribution in [-0.2, 0) is 12.7 Å². The molecular formula is C16H13F3N4O. The number of rotatable bonds is 3. The van der Waals surface area contributed by atoms with Crippen molar-refractivity contribution in [1.82, 2.24) is 14.7 Å². The maximum atomic E-state index is 12.5. The molecule has 3 rings (SSSR count). The van der Waals surface area contributed by atoms with E-state index in [9.17, 15) is 18.0 Å². The fourth-order valence-electron chi connectivity index (χ4n) is 2.20. The number of pyridine rings is 1. The largest absolute Gasteiger partial charge is 0.416 e. The molecule has 5 nitrogen and oxygen atoms in total. The van der Waals surface area contributed by atoms with Crippen LogP contribution in [0.4, 0.5) is 23.8 Å². The first-order valence-electron chi connectivity index (χ1n) is 7.06. The number of nitrogens with zero attached hydrogens (tertiary/aromatic N) is 2. The van der Waals surface area contributed by atoms with E-state index in [1.54, 1.807) is 35.0 Å². The maximum Gasteiger partial charge on any atom is 0.416 e. The zero-order chi connectivity index (χ0) is 17.2. The number of carbonyl (C=O) groups excluding carboxylic acids is 1. The summed E-state index contributed by atoms with van der Waals surface area (Å²) in [5.74, 6) is 0.537. The summed E-state index contributed by atoms with van der Waals surface area (Å²) >= 11 is 0. The molecule has 8 heteroatoms. The molecule has 124 valence electrons. The zero-order valence-electron chi connectivity index (χ0n) is 12.3. The molecule has 0 saturated heterocycles. The van der Waals surface area contributed by atoms with Gasteiger partial charge in [-0.25, -0.2) is 9.78 Å². The normalized spacial score (nSPS) is 11.5. The first kappa shape index (κ1) is 15.9. The Bertz CT molecular complexity index is 856. The van der Waals surface area contributed by atoms with Crippen LogP contribution in [0.1, 0.15) is 11.1 Å². The highest BCUT2D eigenvalue weighted by molar-refractivity contribution is 5.88. The Hall–Kier alpha value is -3.03. The molecule has 0 fully saturated rings. The average molecular weight is 334 g/mol. The number of hydrogen-bond donors (Lipinski definition) is 2. The number of halogens is 3. The van der Waals surface area contributed by atoms with E-state index in [0.29, 0.717) is 17.0 Å². The number of carbonyl (C=O) groups is 1. The van der Waals surface area contributed by atoms with Gasteiger partial charge in [-0.15, -0.1) is 0 Å². The van der Waals surface area contributed by atoms with Crippen LogP contribution in [-0.4, -0.2) is 15.4 Å². The number of fused-ring (bicyclic) bond motifs is 1. The van der Waals surface area contributed by atoms with E-state index in [-0.39, 0.29) is 6.54 Å². The summed E-state index contributed by atoms with van der Waals surface area (Å²) in [5.41, 5.74) is 0.539. The fourth-order valence-corrected chi connectivity index (χ4v) is 2.20. The van der Waals surface area contributed by atoms with E-state index in [2.05, 4.69) is 15.6 Å². The van der Waals surface area contributed by atoms with E-state index in [0.717, 1.165) is 12.1 Å². The van der Waals surface area contributed by atoms with Crippen molar-refractivity contribution in [2.24, 2.45) is 0 Å². The Morgan fingerprint density at radius 1 is 1.12 bits per heavy atom. The summed E-state index contributed by atoms with van der Waals surface area (Å²) < 4.78 is 39.2. The summed E-state index contributed by atoms with van der Waals surface area (Å²) in [4.78, 5) is 16.0. The molecule has 0 atom stereocenters. The topological polar surface area (TPSA) is 58.4 Å². The molecule has 2 N–H and O–H groups in total. The number of urea groups is 1. The number of hydrogen-bond acceptors (Lipinski definition) is 2. The molecule has 1 aromatic carbocycles. The van der Waals surface area contributed by atoms with Crippen molar-refractivity contribution in [3.63, 3.8) is 0 Å². The van der Waals surface area contributed by atoms with Crippen molar-refractivity contribution in [3.05, 3.63) is 66.0 Å². The number of aromatic nitrogens is 2. The first-order valence-corrected chi connectivity index (χ1v) is 7.06. The van der Waals surface area contributed by atoms with Gasteiger partial charge in [-0.3, -0.25) is 9.72 Å². The van der Waals surface area contributed by atoms with Gasteiger partial charge >= 0.3 is 12.2 Å². The van der Waals surface area contributed by atoms with Crippen LogP contribution in [0.25, 0.3) is 5.65 Å². The van der Waals surface area contributed by atoms with Crippen molar-refractivity contribution in [2.45, 2.75) is 12.7 Å². The summed E-state index contributed by atoms with van der Waals surface area (Å²) in [6.07, 6.45) is -1.05. The molecule has 2 amide bonds. The zero-order valence-corrected chi connectivity index (χ0v) is 12.3. The summed E-state index contributed by atoms with van der Waals surface area (Å²) in [6.45, 7) is 0.115. The summed E-state index contributed by atoms with van der Waals surface area (Å²) in [7, 11) is 0. The number of imidazole rings is 1. The minimum Gasteiger partial charge on any atom is -0.334 e. The monoisotopic (exact) mass is 334 g/mol. The Morgan fingerprint density at radius 3 is 2.58 bits per heavy atom. The van der Waals surface area contributed by atoms with Gasteiger partial charge in [0.2, 0.25) is 0 Å². The SMILES string of the molecule is O=C(NCc1ccc(C(F)(F)F)cc1)Nc1cccc2nccn12. The van der Waals surface area contributed by atoms with E-state index < -0.39 is 17.8 Å². The summed E-state index contributed by atoms with van der Waals surface area (Å²) in [5, 5.41) is 5.27. The lowest BCUT2D eigenvalue weighted by Crippen LogP contribution is -2.28. The van der Waals surface area contributed by atoms with Gasteiger partial charge in [0.15, 0.2) is 0 Å². The molecule has 2 aromatic heterocycles. The van der Waals surface area contributed by atoms with Crippen molar-refractivity contribution in [3.8, 4) is 0 Å². The van der Waals surface area contributed by atoms with Crippen LogP contribution in [0.3, 0.4) is 0 Å². The fraction of sp³-hybridized carbons (Fsp3) is 0.125. The molecule has 0 unspecified atom stereocenters. The van der Waals surface area contributed by atoms with Gasteiger partial charge in [0.25, 0.3) is 0 Å². The second-order valence-electron chi connectivity index (χ2n) is 5.07. The minimum atomic E-state index is -4.37. The molecule has 3 aromatic rings. The van der Waals surface area contributed by atoms with Crippen LogP contribution in [0, 0.1) is 0 Å². The van der Waals surface area contributed by atoms with Gasteiger partial charge in [0.1, 0.15) is 11.5 Å². The van der Waals surface area contributed by atoms with Crippen LogP contribution in [0.5, 0.6) is 0 Å². The first-order chi connectivity index (χ1) is 11.4. The molecule has 0 saturated carbocycles. The molecule has 0 aliphatic rings. The van der Waals surface area contributed by atoms with E-state index in [1.165, 1.54) is 12.1 Å². The average Bonchev–Trinajstić information content (AvgIpc) is 3.02. The number of amides is 2. The quantitative estimate of drug-likeness (QED) is 0.768. The third-order valence-corrected chi connectivity index (χ3v) is 3.40. The van der Waals surface area contributed by atoms with Crippen molar-refractivity contribution in [2.75, 3.05) is 5.32 Å². The van der Waals surface area contributed by atoms with E-state index in [4.69, 9.17) is 0 Å². The van der Waals surface area contributed by atoms with Crippen LogP contribution in [0.2, 0.25) is 0 Å². The minimum absolute atomic E-state index is 0.115. The Morgan fingerprint density at radius 2 is 1.88 bits per heavy atom. The van der Waals surface area contributed by atoms with Gasteiger partial charge in [0.05, 0.1) is 5.56 Å².